The van der Waals surface area contributed by atoms with E-state index in [0.717, 1.165) is 12.8 Å². The fourth-order valence-electron chi connectivity index (χ4n) is 2.87. The zero-order valence-corrected chi connectivity index (χ0v) is 11.7. The molecule has 0 aromatic heterocycles. The molecule has 2 rings (SSSR count). The van der Waals surface area contributed by atoms with E-state index in [0.29, 0.717) is 26.1 Å². The molecule has 1 aliphatic heterocycles. The van der Waals surface area contributed by atoms with E-state index < -0.39 is 5.97 Å². The summed E-state index contributed by atoms with van der Waals surface area (Å²) in [5, 5.41) is 11.9. The average Bonchev–Trinajstić information content (AvgIpc) is 2.87. The number of hydrogen-bond acceptors (Lipinski definition) is 3. The standard InChI is InChI=1S/C13H21N3O4/c1-15-5-6-16(8-11(15)17)13(20)14-7-9-3-2-4-10(9)12(18)19/h9-10H,2-8H2,1H3,(H,14,20)(H,18,19). The molecule has 2 N–H and O–H groups in total. The number of piperazine rings is 1. The summed E-state index contributed by atoms with van der Waals surface area (Å²) >= 11 is 0. The minimum Gasteiger partial charge on any atom is -0.481 e. The van der Waals surface area contributed by atoms with Gasteiger partial charge < -0.3 is 20.2 Å². The Bertz CT molecular complexity index is 412. The number of carboxylic acid groups (broad SMARTS) is 1. The largest absolute Gasteiger partial charge is 0.481 e. The van der Waals surface area contributed by atoms with Crippen molar-refractivity contribution in [1.82, 2.24) is 15.1 Å². The Kier molecular flexibility index (Phi) is 4.46. The van der Waals surface area contributed by atoms with E-state index in [4.69, 9.17) is 5.11 Å². The van der Waals surface area contributed by atoms with Crippen LogP contribution < -0.4 is 5.32 Å². The van der Waals surface area contributed by atoms with Gasteiger partial charge in [-0.1, -0.05) is 6.42 Å². The first-order valence-electron chi connectivity index (χ1n) is 6.98. The van der Waals surface area contributed by atoms with Crippen molar-refractivity contribution in [2.75, 3.05) is 33.2 Å². The normalized spacial score (nSPS) is 26.8. The molecular weight excluding hydrogens is 262 g/mol. The Morgan fingerprint density at radius 1 is 1.35 bits per heavy atom. The number of hydrogen-bond donors (Lipinski definition) is 2. The van der Waals surface area contributed by atoms with Crippen molar-refractivity contribution in [3.8, 4) is 0 Å². The minimum atomic E-state index is -0.781. The number of carbonyl (C=O) groups excluding carboxylic acids is 2. The van der Waals surface area contributed by atoms with Crippen molar-refractivity contribution >= 4 is 17.9 Å². The van der Waals surface area contributed by atoms with E-state index in [1.54, 1.807) is 11.9 Å². The molecular formula is C13H21N3O4. The highest BCUT2D eigenvalue weighted by atomic mass is 16.4. The van der Waals surface area contributed by atoms with Crippen molar-refractivity contribution in [3.05, 3.63) is 0 Å². The smallest absolute Gasteiger partial charge is 0.317 e. The molecule has 2 fully saturated rings. The molecule has 2 unspecified atom stereocenters. The molecule has 0 radical (unpaired) electrons. The van der Waals surface area contributed by atoms with Gasteiger partial charge in [0.25, 0.3) is 0 Å². The molecule has 2 atom stereocenters. The maximum atomic E-state index is 12.0. The van der Waals surface area contributed by atoms with Gasteiger partial charge in [-0.2, -0.15) is 0 Å². The summed E-state index contributed by atoms with van der Waals surface area (Å²) in [4.78, 5) is 37.7. The van der Waals surface area contributed by atoms with Crippen molar-refractivity contribution in [2.45, 2.75) is 19.3 Å². The predicted molar refractivity (Wildman–Crippen MR) is 71.1 cm³/mol. The van der Waals surface area contributed by atoms with Gasteiger partial charge in [0.15, 0.2) is 0 Å². The molecule has 20 heavy (non-hydrogen) atoms. The van der Waals surface area contributed by atoms with Crippen LogP contribution in [-0.4, -0.2) is 66.0 Å². The number of urea groups is 1. The van der Waals surface area contributed by atoms with Gasteiger partial charge in [0.2, 0.25) is 5.91 Å². The van der Waals surface area contributed by atoms with Crippen LogP contribution in [0.15, 0.2) is 0 Å². The quantitative estimate of drug-likeness (QED) is 0.761. The molecule has 1 saturated carbocycles. The molecule has 0 bridgehead atoms. The van der Waals surface area contributed by atoms with Crippen molar-refractivity contribution in [3.63, 3.8) is 0 Å². The van der Waals surface area contributed by atoms with Crippen LogP contribution in [0.5, 0.6) is 0 Å². The van der Waals surface area contributed by atoms with Gasteiger partial charge in [-0.3, -0.25) is 9.59 Å². The lowest BCUT2D eigenvalue weighted by molar-refractivity contribution is -0.142. The molecule has 7 nitrogen and oxygen atoms in total. The van der Waals surface area contributed by atoms with E-state index in [9.17, 15) is 14.4 Å². The van der Waals surface area contributed by atoms with Gasteiger partial charge in [0.1, 0.15) is 6.54 Å². The van der Waals surface area contributed by atoms with Gasteiger partial charge >= 0.3 is 12.0 Å². The Morgan fingerprint density at radius 2 is 2.10 bits per heavy atom. The second-order valence-electron chi connectivity index (χ2n) is 5.56. The molecule has 0 aromatic rings. The van der Waals surface area contributed by atoms with Gasteiger partial charge in [0.05, 0.1) is 5.92 Å². The van der Waals surface area contributed by atoms with Crippen LogP contribution in [0, 0.1) is 11.8 Å². The summed E-state index contributed by atoms with van der Waals surface area (Å²) in [5.41, 5.74) is 0. The molecule has 112 valence electrons. The second kappa shape index (κ2) is 6.11. The lowest BCUT2D eigenvalue weighted by Crippen LogP contribution is -2.54. The number of rotatable bonds is 3. The first-order valence-corrected chi connectivity index (χ1v) is 6.98. The fraction of sp³-hybridized carbons (Fsp3) is 0.769. The molecule has 3 amide bonds. The highest BCUT2D eigenvalue weighted by Crippen LogP contribution is 2.31. The van der Waals surface area contributed by atoms with Gasteiger partial charge in [-0.15, -0.1) is 0 Å². The molecule has 1 aliphatic carbocycles. The van der Waals surface area contributed by atoms with E-state index in [-0.39, 0.29) is 30.3 Å². The molecule has 0 aromatic carbocycles. The monoisotopic (exact) mass is 283 g/mol. The van der Waals surface area contributed by atoms with Gasteiger partial charge in [-0.05, 0) is 18.8 Å². The van der Waals surface area contributed by atoms with E-state index >= 15 is 0 Å². The summed E-state index contributed by atoms with van der Waals surface area (Å²) < 4.78 is 0. The summed E-state index contributed by atoms with van der Waals surface area (Å²) in [6.45, 7) is 1.51. The molecule has 2 aliphatic rings. The van der Waals surface area contributed by atoms with Gasteiger partial charge in [0, 0.05) is 26.7 Å². The summed E-state index contributed by atoms with van der Waals surface area (Å²) in [7, 11) is 1.72. The Labute approximate surface area is 117 Å². The van der Waals surface area contributed by atoms with Crippen molar-refractivity contribution < 1.29 is 19.5 Å². The van der Waals surface area contributed by atoms with Crippen LogP contribution in [0.3, 0.4) is 0 Å². The lowest BCUT2D eigenvalue weighted by Gasteiger charge is -2.32. The summed E-state index contributed by atoms with van der Waals surface area (Å²) in [6.07, 6.45) is 2.41. The predicted octanol–water partition coefficient (Wildman–Crippen LogP) is -0.0291. The van der Waals surface area contributed by atoms with Crippen LogP contribution in [0.25, 0.3) is 0 Å². The second-order valence-corrected chi connectivity index (χ2v) is 5.56. The highest BCUT2D eigenvalue weighted by Gasteiger charge is 2.33. The van der Waals surface area contributed by atoms with Crippen LogP contribution in [0.2, 0.25) is 0 Å². The maximum absolute atomic E-state index is 12.0. The topological polar surface area (TPSA) is 89.9 Å². The lowest BCUT2D eigenvalue weighted by atomic mass is 9.96. The SMILES string of the molecule is CN1CCN(C(=O)NCC2CCCC2C(=O)O)CC1=O. The van der Waals surface area contributed by atoms with E-state index in [2.05, 4.69) is 5.32 Å². The molecule has 7 heteroatoms. The van der Waals surface area contributed by atoms with Crippen LogP contribution >= 0.6 is 0 Å². The Morgan fingerprint density at radius 3 is 2.75 bits per heavy atom. The van der Waals surface area contributed by atoms with Crippen LogP contribution in [0.4, 0.5) is 4.79 Å². The Balaban J connectivity index is 1.80. The number of nitrogens with zero attached hydrogens (tertiary/aromatic N) is 2. The van der Waals surface area contributed by atoms with Crippen molar-refractivity contribution in [1.29, 1.82) is 0 Å². The van der Waals surface area contributed by atoms with E-state index in [1.165, 1.54) is 4.90 Å². The third-order valence-corrected chi connectivity index (χ3v) is 4.24. The number of nitrogens with one attached hydrogen (secondary N) is 1. The maximum Gasteiger partial charge on any atom is 0.317 e. The van der Waals surface area contributed by atoms with Crippen LogP contribution in [-0.2, 0) is 9.59 Å². The molecule has 1 heterocycles. The summed E-state index contributed by atoms with van der Waals surface area (Å²) in [6, 6.07) is -0.275. The first-order chi connectivity index (χ1) is 9.49. The number of aliphatic carboxylic acids is 1. The summed E-state index contributed by atoms with van der Waals surface area (Å²) in [5.74, 6) is -1.21. The third-order valence-electron chi connectivity index (χ3n) is 4.24. The zero-order valence-electron chi connectivity index (χ0n) is 11.7. The Hall–Kier alpha value is -1.79. The minimum absolute atomic E-state index is 0.000356. The zero-order chi connectivity index (χ0) is 14.7. The fourth-order valence-corrected chi connectivity index (χ4v) is 2.87. The number of amides is 3. The number of carbonyl (C=O) groups is 3. The molecule has 0 spiro atoms. The number of carboxylic acids is 1. The average molecular weight is 283 g/mol. The number of likely N-dealkylation sites (N-methyl/N-ethyl adjacent to an activating group) is 1. The van der Waals surface area contributed by atoms with Gasteiger partial charge in [-0.25, -0.2) is 4.79 Å². The van der Waals surface area contributed by atoms with E-state index in [1.807, 2.05) is 0 Å². The molecule has 1 saturated heterocycles. The highest BCUT2D eigenvalue weighted by molar-refractivity contribution is 5.85. The third kappa shape index (κ3) is 3.20. The first kappa shape index (κ1) is 14.6. The van der Waals surface area contributed by atoms with Crippen LogP contribution in [0.1, 0.15) is 19.3 Å². The van der Waals surface area contributed by atoms with Crippen molar-refractivity contribution in [2.24, 2.45) is 11.8 Å².